The summed E-state index contributed by atoms with van der Waals surface area (Å²) in [6, 6.07) is 4.28. The molecule has 2 rings (SSSR count). The summed E-state index contributed by atoms with van der Waals surface area (Å²) in [7, 11) is 0. The van der Waals surface area contributed by atoms with Crippen molar-refractivity contribution in [2.75, 3.05) is 5.73 Å². The molecular weight excluding hydrogens is 242 g/mol. The molecule has 15 heavy (non-hydrogen) atoms. The summed E-state index contributed by atoms with van der Waals surface area (Å²) in [5, 5.41) is 3.34. The van der Waals surface area contributed by atoms with Gasteiger partial charge in [-0.25, -0.2) is 4.39 Å². The molecule has 2 aromatic rings. The van der Waals surface area contributed by atoms with E-state index in [4.69, 9.17) is 33.5 Å². The number of rotatable bonds is 1. The van der Waals surface area contributed by atoms with Crippen molar-refractivity contribution < 1.29 is 8.91 Å². The summed E-state index contributed by atoms with van der Waals surface area (Å²) < 4.78 is 18.0. The molecule has 0 fully saturated rings. The lowest BCUT2D eigenvalue weighted by Crippen LogP contribution is -1.82. The van der Waals surface area contributed by atoms with Crippen LogP contribution in [0.1, 0.15) is 0 Å². The first-order chi connectivity index (χ1) is 7.08. The van der Waals surface area contributed by atoms with Gasteiger partial charge < -0.3 is 10.3 Å². The predicted molar refractivity (Wildman–Crippen MR) is 56.3 cm³/mol. The number of anilines is 1. The normalized spacial score (nSPS) is 10.6. The van der Waals surface area contributed by atoms with Gasteiger partial charge in [-0.3, -0.25) is 0 Å². The van der Waals surface area contributed by atoms with E-state index in [-0.39, 0.29) is 15.9 Å². The van der Waals surface area contributed by atoms with Crippen LogP contribution in [0.5, 0.6) is 0 Å². The minimum absolute atomic E-state index is 0.0764. The van der Waals surface area contributed by atoms with Gasteiger partial charge in [-0.1, -0.05) is 28.4 Å². The van der Waals surface area contributed by atoms with E-state index in [9.17, 15) is 4.39 Å². The minimum atomic E-state index is -0.658. The molecule has 78 valence electrons. The van der Waals surface area contributed by atoms with Gasteiger partial charge in [-0.2, -0.15) is 0 Å². The summed E-state index contributed by atoms with van der Waals surface area (Å²) in [5.41, 5.74) is 5.90. The molecule has 0 saturated heterocycles. The Morgan fingerprint density at radius 2 is 1.80 bits per heavy atom. The first-order valence-corrected chi connectivity index (χ1v) is 4.70. The maximum absolute atomic E-state index is 13.1. The van der Waals surface area contributed by atoms with Crippen molar-refractivity contribution in [2.24, 2.45) is 0 Å². The number of aromatic nitrogens is 1. The van der Waals surface area contributed by atoms with Gasteiger partial charge in [0.2, 0.25) is 0 Å². The van der Waals surface area contributed by atoms with E-state index < -0.39 is 5.82 Å². The molecule has 0 bridgehead atoms. The van der Waals surface area contributed by atoms with Crippen molar-refractivity contribution in [3.05, 3.63) is 34.1 Å². The van der Waals surface area contributed by atoms with Crippen molar-refractivity contribution >= 4 is 29.0 Å². The highest BCUT2D eigenvalue weighted by Crippen LogP contribution is 2.30. The van der Waals surface area contributed by atoms with Crippen LogP contribution in [0.15, 0.2) is 22.7 Å². The van der Waals surface area contributed by atoms with Gasteiger partial charge in [-0.05, 0) is 12.1 Å². The van der Waals surface area contributed by atoms with E-state index in [2.05, 4.69) is 5.16 Å². The average molecular weight is 247 g/mol. The molecule has 1 heterocycles. The smallest absolute Gasteiger partial charge is 0.169 e. The third-order valence-electron chi connectivity index (χ3n) is 1.80. The Morgan fingerprint density at radius 3 is 2.27 bits per heavy atom. The Balaban J connectivity index is 2.55. The highest BCUT2D eigenvalue weighted by Gasteiger charge is 2.11. The summed E-state index contributed by atoms with van der Waals surface area (Å²) >= 11 is 11.2. The van der Waals surface area contributed by atoms with E-state index in [0.717, 1.165) is 0 Å². The Hall–Kier alpha value is -1.26. The lowest BCUT2D eigenvalue weighted by Gasteiger charge is -2.00. The van der Waals surface area contributed by atoms with Crippen molar-refractivity contribution in [1.82, 2.24) is 5.16 Å². The monoisotopic (exact) mass is 246 g/mol. The largest absolute Gasteiger partial charge is 0.381 e. The van der Waals surface area contributed by atoms with E-state index >= 15 is 0 Å². The first-order valence-electron chi connectivity index (χ1n) is 3.95. The molecule has 0 radical (unpaired) electrons. The van der Waals surface area contributed by atoms with Gasteiger partial charge in [0, 0.05) is 11.6 Å². The van der Waals surface area contributed by atoms with Gasteiger partial charge in [0.15, 0.2) is 17.4 Å². The number of benzene rings is 1. The van der Waals surface area contributed by atoms with Gasteiger partial charge in [0.05, 0.1) is 10.0 Å². The fraction of sp³-hybridized carbons (Fsp3) is 0. The van der Waals surface area contributed by atoms with Crippen LogP contribution < -0.4 is 5.73 Å². The fourth-order valence-corrected chi connectivity index (χ4v) is 1.61. The molecule has 1 aromatic heterocycles. The highest BCUT2D eigenvalue weighted by molar-refractivity contribution is 6.35. The van der Waals surface area contributed by atoms with Crippen molar-refractivity contribution in [2.45, 2.75) is 0 Å². The third kappa shape index (κ3) is 1.91. The Morgan fingerprint density at radius 1 is 1.20 bits per heavy atom. The molecule has 0 unspecified atom stereocenters. The van der Waals surface area contributed by atoms with E-state index in [1.54, 1.807) is 0 Å². The van der Waals surface area contributed by atoms with Crippen LogP contribution >= 0.6 is 23.2 Å². The molecule has 6 heteroatoms. The third-order valence-corrected chi connectivity index (χ3v) is 2.35. The highest BCUT2D eigenvalue weighted by atomic mass is 35.5. The van der Waals surface area contributed by atoms with Crippen LogP contribution in [0.2, 0.25) is 10.0 Å². The second-order valence-electron chi connectivity index (χ2n) is 2.87. The first kappa shape index (κ1) is 10.3. The molecule has 0 aliphatic heterocycles. The topological polar surface area (TPSA) is 52.0 Å². The van der Waals surface area contributed by atoms with E-state index in [1.165, 1.54) is 18.2 Å². The van der Waals surface area contributed by atoms with Gasteiger partial charge in [0.1, 0.15) is 0 Å². The second-order valence-corrected chi connectivity index (χ2v) is 3.68. The zero-order chi connectivity index (χ0) is 11.0. The Kier molecular flexibility index (Phi) is 2.54. The molecule has 0 aliphatic carbocycles. The fourth-order valence-electron chi connectivity index (χ4n) is 1.12. The quantitative estimate of drug-likeness (QED) is 0.786. The molecule has 0 spiro atoms. The van der Waals surface area contributed by atoms with Gasteiger partial charge >= 0.3 is 0 Å². The van der Waals surface area contributed by atoms with Crippen LogP contribution in [0, 0.1) is 5.82 Å². The Labute approximate surface area is 94.6 Å². The average Bonchev–Trinajstić information content (AvgIpc) is 2.60. The lowest BCUT2D eigenvalue weighted by molar-refractivity contribution is 0.436. The van der Waals surface area contributed by atoms with Crippen molar-refractivity contribution in [3.8, 4) is 11.3 Å². The second kappa shape index (κ2) is 3.72. The zero-order valence-electron chi connectivity index (χ0n) is 7.30. The van der Waals surface area contributed by atoms with E-state index in [0.29, 0.717) is 11.3 Å². The standard InChI is InChI=1S/C9H5Cl2FN2O/c10-5-1-4(2-6(11)9(5)12)7-3-8(13)14-15-7/h1-3H,(H2,13,14). The molecule has 0 atom stereocenters. The Bertz CT molecular complexity index is 490. The van der Waals surface area contributed by atoms with Gasteiger partial charge in [0.25, 0.3) is 0 Å². The molecule has 1 aromatic carbocycles. The molecule has 0 aliphatic rings. The summed E-state index contributed by atoms with van der Waals surface area (Å²) in [6.07, 6.45) is 0. The minimum Gasteiger partial charge on any atom is -0.381 e. The van der Waals surface area contributed by atoms with Crippen LogP contribution in [-0.2, 0) is 0 Å². The molecule has 0 saturated carbocycles. The van der Waals surface area contributed by atoms with Crippen LogP contribution in [0.25, 0.3) is 11.3 Å². The maximum Gasteiger partial charge on any atom is 0.169 e. The molecule has 2 N–H and O–H groups in total. The van der Waals surface area contributed by atoms with Crippen LogP contribution in [0.4, 0.5) is 10.2 Å². The summed E-state index contributed by atoms with van der Waals surface area (Å²) in [6.45, 7) is 0. The predicted octanol–water partition coefficient (Wildman–Crippen LogP) is 3.37. The van der Waals surface area contributed by atoms with Gasteiger partial charge in [-0.15, -0.1) is 0 Å². The number of nitrogen functional groups attached to an aromatic ring is 1. The van der Waals surface area contributed by atoms with Crippen molar-refractivity contribution in [1.29, 1.82) is 0 Å². The summed E-state index contributed by atoms with van der Waals surface area (Å²) in [4.78, 5) is 0. The number of hydrogen-bond donors (Lipinski definition) is 1. The number of nitrogens with zero attached hydrogens (tertiary/aromatic N) is 1. The van der Waals surface area contributed by atoms with Crippen molar-refractivity contribution in [3.63, 3.8) is 0 Å². The van der Waals surface area contributed by atoms with Crippen LogP contribution in [-0.4, -0.2) is 5.16 Å². The lowest BCUT2D eigenvalue weighted by atomic mass is 10.2. The van der Waals surface area contributed by atoms with E-state index in [1.807, 2.05) is 0 Å². The maximum atomic E-state index is 13.1. The molecule has 3 nitrogen and oxygen atoms in total. The number of halogens is 3. The molecular formula is C9H5Cl2FN2O. The number of nitrogens with two attached hydrogens (primary N) is 1. The summed E-state index contributed by atoms with van der Waals surface area (Å²) in [5.74, 6) is -0.0348. The molecule has 0 amide bonds. The zero-order valence-corrected chi connectivity index (χ0v) is 8.81. The SMILES string of the molecule is Nc1cc(-c2cc(Cl)c(F)c(Cl)c2)on1. The van der Waals surface area contributed by atoms with Crippen LogP contribution in [0.3, 0.4) is 0 Å². The number of hydrogen-bond acceptors (Lipinski definition) is 3.